The summed E-state index contributed by atoms with van der Waals surface area (Å²) in [5.74, 6) is 0. The van der Waals surface area contributed by atoms with E-state index in [0.29, 0.717) is 0 Å². The van der Waals surface area contributed by atoms with Crippen LogP contribution in [0.15, 0.2) is 0 Å². The molecule has 0 aromatic rings. The molecule has 0 heterocycles. The zero-order valence-corrected chi connectivity index (χ0v) is 3.98. The second kappa shape index (κ2) is 46.9. The molecule has 1 radical (unpaired) electrons. The molecule has 0 bridgehead atoms. The SMILES string of the molecule is O.O.[Cl-].[V]. The summed E-state index contributed by atoms with van der Waals surface area (Å²) in [6.07, 6.45) is 0. The third-order valence-corrected chi connectivity index (χ3v) is 0. The van der Waals surface area contributed by atoms with Crippen LogP contribution in [-0.4, -0.2) is 11.0 Å². The minimum atomic E-state index is 0. The van der Waals surface area contributed by atoms with Crippen LogP contribution in [0.4, 0.5) is 0 Å². The van der Waals surface area contributed by atoms with Crippen molar-refractivity contribution in [3.63, 3.8) is 0 Å². The normalized spacial score (nSPS) is 0. The molecule has 4 heteroatoms. The average molecular weight is 122 g/mol. The van der Waals surface area contributed by atoms with Gasteiger partial charge in [0.15, 0.2) is 0 Å². The van der Waals surface area contributed by atoms with Crippen LogP contribution < -0.4 is 12.4 Å². The molecule has 0 spiro atoms. The zero-order chi connectivity index (χ0) is 0. The zero-order valence-electron chi connectivity index (χ0n) is 1.83. The maximum absolute atomic E-state index is 0. The van der Waals surface area contributed by atoms with Crippen LogP contribution >= 0.6 is 0 Å². The molecule has 0 aromatic carbocycles. The molecule has 2 nitrogen and oxygen atoms in total. The first-order chi connectivity index (χ1) is 0. The summed E-state index contributed by atoms with van der Waals surface area (Å²) in [4.78, 5) is 0. The van der Waals surface area contributed by atoms with Crippen molar-refractivity contribution in [1.29, 1.82) is 0 Å². The fourth-order valence-electron chi connectivity index (χ4n) is 0. The van der Waals surface area contributed by atoms with Crippen molar-refractivity contribution in [2.45, 2.75) is 0 Å². The van der Waals surface area contributed by atoms with Crippen molar-refractivity contribution < 1.29 is 41.9 Å². The maximum Gasteiger partial charge on any atom is 0 e. The number of hydrogen-bond acceptors (Lipinski definition) is 0. The van der Waals surface area contributed by atoms with E-state index in [1.54, 1.807) is 0 Å². The Kier molecular flexibility index (Phi) is 1280. The maximum atomic E-state index is 0. The average Bonchev–Trinajstić information content (AvgIpc) is 0. The fraction of sp³-hybridized carbons (Fsp3) is 0. The predicted molar refractivity (Wildman–Crippen MR) is 7.23 cm³/mol. The summed E-state index contributed by atoms with van der Waals surface area (Å²) in [5, 5.41) is 0. The molecule has 0 aliphatic carbocycles. The van der Waals surface area contributed by atoms with Gasteiger partial charge in [-0.25, -0.2) is 0 Å². The van der Waals surface area contributed by atoms with Crippen LogP contribution in [0.25, 0.3) is 0 Å². The topological polar surface area (TPSA) is 63.0 Å². The molecule has 0 aliphatic heterocycles. The van der Waals surface area contributed by atoms with Gasteiger partial charge in [-0.3, -0.25) is 0 Å². The van der Waals surface area contributed by atoms with E-state index in [4.69, 9.17) is 0 Å². The van der Waals surface area contributed by atoms with Gasteiger partial charge >= 0.3 is 0 Å². The van der Waals surface area contributed by atoms with E-state index < -0.39 is 0 Å². The summed E-state index contributed by atoms with van der Waals surface area (Å²) in [6.45, 7) is 0. The van der Waals surface area contributed by atoms with Gasteiger partial charge in [-0.2, -0.15) is 0 Å². The largest absolute Gasteiger partial charge is 1.00 e. The first kappa shape index (κ1) is 109. The van der Waals surface area contributed by atoms with Crippen molar-refractivity contribution in [2.24, 2.45) is 0 Å². The van der Waals surface area contributed by atoms with Gasteiger partial charge in [0.25, 0.3) is 0 Å². The molecule has 0 fully saturated rings. The smallest absolute Gasteiger partial charge is 0 e. The summed E-state index contributed by atoms with van der Waals surface area (Å²) >= 11 is 0. The Bertz CT molecular complexity index is 6.00. The van der Waals surface area contributed by atoms with Gasteiger partial charge in [-0.1, -0.05) is 0 Å². The quantitative estimate of drug-likeness (QED) is 0.310. The van der Waals surface area contributed by atoms with Crippen molar-refractivity contribution in [3.05, 3.63) is 0 Å². The second-order valence-electron chi connectivity index (χ2n) is 0. The molecule has 0 unspecified atom stereocenters. The Morgan fingerprint density at radius 3 is 0.750 bits per heavy atom. The van der Waals surface area contributed by atoms with Crippen LogP contribution in [-0.2, 0) is 18.6 Å². The van der Waals surface area contributed by atoms with E-state index in [0.717, 1.165) is 0 Å². The fourth-order valence-corrected chi connectivity index (χ4v) is 0. The molecule has 0 saturated carbocycles. The molecule has 29 valence electrons. The van der Waals surface area contributed by atoms with Gasteiger partial charge in [-0.05, 0) is 0 Å². The standard InChI is InChI=1S/ClH.2H2O.V/h1H;2*1H2;/p-1. The van der Waals surface area contributed by atoms with E-state index in [1.165, 1.54) is 0 Å². The molecular weight excluding hydrogens is 118 g/mol. The van der Waals surface area contributed by atoms with Crippen molar-refractivity contribution in [2.75, 3.05) is 0 Å². The molecule has 0 aromatic heterocycles. The van der Waals surface area contributed by atoms with Crippen molar-refractivity contribution in [1.82, 2.24) is 0 Å². The molecule has 0 rings (SSSR count). The molecule has 0 saturated heterocycles. The second-order valence-corrected chi connectivity index (χ2v) is 0. The number of hydrogen-bond donors (Lipinski definition) is 0. The Morgan fingerprint density at radius 2 is 0.750 bits per heavy atom. The van der Waals surface area contributed by atoms with Gasteiger partial charge in [0.05, 0.1) is 0 Å². The van der Waals surface area contributed by atoms with Gasteiger partial charge in [-0.15, -0.1) is 0 Å². The van der Waals surface area contributed by atoms with E-state index in [-0.39, 0.29) is 41.9 Å². The third-order valence-electron chi connectivity index (χ3n) is 0. The summed E-state index contributed by atoms with van der Waals surface area (Å²) < 4.78 is 0. The van der Waals surface area contributed by atoms with Crippen LogP contribution in [0.2, 0.25) is 0 Å². The van der Waals surface area contributed by atoms with Crippen molar-refractivity contribution >= 4 is 0 Å². The van der Waals surface area contributed by atoms with Crippen LogP contribution in [0.5, 0.6) is 0 Å². The first-order valence-corrected chi connectivity index (χ1v) is 0. The number of rotatable bonds is 0. The minimum absolute atomic E-state index is 0. The predicted octanol–water partition coefficient (Wildman–Crippen LogP) is -4.65. The van der Waals surface area contributed by atoms with Crippen molar-refractivity contribution in [3.8, 4) is 0 Å². The first-order valence-electron chi connectivity index (χ1n) is 0. The summed E-state index contributed by atoms with van der Waals surface area (Å²) in [5.41, 5.74) is 0. The van der Waals surface area contributed by atoms with Gasteiger partial charge < -0.3 is 23.4 Å². The molecule has 4 N–H and O–H groups in total. The third kappa shape index (κ3) is 14.3. The van der Waals surface area contributed by atoms with E-state index in [1.807, 2.05) is 0 Å². The number of halogens is 1. The molecule has 0 atom stereocenters. The Labute approximate surface area is 42.5 Å². The van der Waals surface area contributed by atoms with Crippen LogP contribution in [0.3, 0.4) is 0 Å². The Morgan fingerprint density at radius 1 is 0.750 bits per heavy atom. The van der Waals surface area contributed by atoms with Gasteiger partial charge in [0.2, 0.25) is 0 Å². The Hall–Kier alpha value is 0.794. The van der Waals surface area contributed by atoms with Crippen LogP contribution in [0.1, 0.15) is 0 Å². The molecule has 0 amide bonds. The molecule has 4 heavy (non-hydrogen) atoms. The van der Waals surface area contributed by atoms with Gasteiger partial charge in [0.1, 0.15) is 0 Å². The van der Waals surface area contributed by atoms with E-state index in [9.17, 15) is 0 Å². The molecular formula is H4ClO2V-. The summed E-state index contributed by atoms with van der Waals surface area (Å²) in [7, 11) is 0. The van der Waals surface area contributed by atoms with E-state index in [2.05, 4.69) is 0 Å². The minimum Gasteiger partial charge on any atom is -1.00 e. The van der Waals surface area contributed by atoms with Crippen LogP contribution in [0, 0.1) is 0 Å². The monoisotopic (exact) mass is 122 g/mol. The Balaban J connectivity index is 0. The van der Waals surface area contributed by atoms with Gasteiger partial charge in [0, 0.05) is 18.6 Å². The van der Waals surface area contributed by atoms with E-state index >= 15 is 0 Å². The summed E-state index contributed by atoms with van der Waals surface area (Å²) in [6, 6.07) is 0. The molecule has 0 aliphatic rings.